The van der Waals surface area contributed by atoms with Gasteiger partial charge in [0, 0.05) is 11.8 Å². The van der Waals surface area contributed by atoms with E-state index in [1.54, 1.807) is 0 Å². The Balaban J connectivity index is 2.84. The van der Waals surface area contributed by atoms with Gasteiger partial charge in [-0.1, -0.05) is 0 Å². The van der Waals surface area contributed by atoms with Gasteiger partial charge in [0.15, 0.2) is 0 Å². The Morgan fingerprint density at radius 1 is 1.71 bits per heavy atom. The fourth-order valence-electron chi connectivity index (χ4n) is 0.764. The SMILES string of the molecule is O=[N+]([O-])c1cnc(SCCO)c(Br)c1. The molecule has 76 valence electrons. The topological polar surface area (TPSA) is 76.3 Å². The Hall–Kier alpha value is -0.660. The van der Waals surface area contributed by atoms with Crippen molar-refractivity contribution < 1.29 is 10.0 Å². The molecular formula is C7H7BrN2O3S. The van der Waals surface area contributed by atoms with Gasteiger partial charge in [-0.05, 0) is 15.9 Å². The lowest BCUT2D eigenvalue weighted by Gasteiger charge is -2.00. The number of thioether (sulfide) groups is 1. The van der Waals surface area contributed by atoms with E-state index in [1.807, 2.05) is 0 Å². The van der Waals surface area contributed by atoms with Crippen molar-refractivity contribution in [2.45, 2.75) is 5.03 Å². The van der Waals surface area contributed by atoms with Crippen molar-refractivity contribution in [3.05, 3.63) is 26.9 Å². The second kappa shape index (κ2) is 5.28. The molecule has 0 saturated carbocycles. The molecule has 0 radical (unpaired) electrons. The molecule has 7 heteroatoms. The second-order valence-electron chi connectivity index (χ2n) is 2.31. The Morgan fingerprint density at radius 3 is 2.93 bits per heavy atom. The fourth-order valence-corrected chi connectivity index (χ4v) is 2.05. The summed E-state index contributed by atoms with van der Waals surface area (Å²) in [6.45, 7) is 0.0514. The Bertz CT molecular complexity index is 348. The van der Waals surface area contributed by atoms with Gasteiger partial charge in [0.1, 0.15) is 11.2 Å². The van der Waals surface area contributed by atoms with Crippen molar-refractivity contribution in [2.75, 3.05) is 12.4 Å². The molecule has 0 bridgehead atoms. The monoisotopic (exact) mass is 278 g/mol. The molecule has 1 rings (SSSR count). The second-order valence-corrected chi connectivity index (χ2v) is 4.25. The van der Waals surface area contributed by atoms with Gasteiger partial charge in [-0.25, -0.2) is 4.98 Å². The molecule has 0 amide bonds. The van der Waals surface area contributed by atoms with Gasteiger partial charge in [-0.2, -0.15) is 0 Å². The number of aliphatic hydroxyl groups is 1. The molecule has 0 aliphatic carbocycles. The molecule has 0 aromatic carbocycles. The van der Waals surface area contributed by atoms with Crippen LogP contribution in [0.15, 0.2) is 21.8 Å². The van der Waals surface area contributed by atoms with E-state index >= 15 is 0 Å². The zero-order valence-electron chi connectivity index (χ0n) is 7.01. The number of halogens is 1. The first-order valence-electron chi connectivity index (χ1n) is 3.68. The highest BCUT2D eigenvalue weighted by molar-refractivity contribution is 9.10. The van der Waals surface area contributed by atoms with E-state index in [9.17, 15) is 10.1 Å². The van der Waals surface area contributed by atoms with Crippen molar-refractivity contribution in [3.8, 4) is 0 Å². The van der Waals surface area contributed by atoms with Crippen LogP contribution in [0.4, 0.5) is 5.69 Å². The van der Waals surface area contributed by atoms with Crippen molar-refractivity contribution in [3.63, 3.8) is 0 Å². The highest BCUT2D eigenvalue weighted by atomic mass is 79.9. The number of hydrogen-bond donors (Lipinski definition) is 1. The maximum atomic E-state index is 10.4. The molecule has 5 nitrogen and oxygen atoms in total. The lowest BCUT2D eigenvalue weighted by Crippen LogP contribution is -1.92. The molecule has 0 fully saturated rings. The molecule has 1 heterocycles. The maximum absolute atomic E-state index is 10.4. The minimum absolute atomic E-state index is 0.0507. The van der Waals surface area contributed by atoms with Crippen LogP contribution in [0.5, 0.6) is 0 Å². The van der Waals surface area contributed by atoms with Crippen LogP contribution < -0.4 is 0 Å². The van der Waals surface area contributed by atoms with E-state index in [0.717, 1.165) is 0 Å². The van der Waals surface area contributed by atoms with E-state index in [1.165, 1.54) is 24.0 Å². The summed E-state index contributed by atoms with van der Waals surface area (Å²) in [5.41, 5.74) is -0.0507. The molecule has 0 unspecified atom stereocenters. The van der Waals surface area contributed by atoms with Crippen LogP contribution in [0.25, 0.3) is 0 Å². The predicted molar refractivity (Wildman–Crippen MR) is 56.4 cm³/mol. The standard InChI is InChI=1S/C7H7BrN2O3S/c8-6-3-5(10(12)13)4-9-7(6)14-2-1-11/h3-4,11H,1-2H2. The molecule has 0 spiro atoms. The van der Waals surface area contributed by atoms with Gasteiger partial charge in [0.25, 0.3) is 5.69 Å². The van der Waals surface area contributed by atoms with Gasteiger partial charge in [0.05, 0.1) is 16.0 Å². The third-order valence-electron chi connectivity index (χ3n) is 1.33. The van der Waals surface area contributed by atoms with Crippen LogP contribution >= 0.6 is 27.7 Å². The van der Waals surface area contributed by atoms with Crippen molar-refractivity contribution in [2.24, 2.45) is 0 Å². The van der Waals surface area contributed by atoms with E-state index in [0.29, 0.717) is 15.3 Å². The van der Waals surface area contributed by atoms with Crippen molar-refractivity contribution >= 4 is 33.4 Å². The Morgan fingerprint density at radius 2 is 2.43 bits per heavy atom. The summed E-state index contributed by atoms with van der Waals surface area (Å²) >= 11 is 4.51. The molecule has 14 heavy (non-hydrogen) atoms. The quantitative estimate of drug-likeness (QED) is 0.517. The van der Waals surface area contributed by atoms with Crippen LogP contribution in [0.1, 0.15) is 0 Å². The molecule has 0 atom stereocenters. The summed E-state index contributed by atoms with van der Waals surface area (Å²) in [7, 11) is 0. The van der Waals surface area contributed by atoms with Crippen LogP contribution in [-0.2, 0) is 0 Å². The fraction of sp³-hybridized carbons (Fsp3) is 0.286. The minimum atomic E-state index is -0.502. The van der Waals surface area contributed by atoms with Crippen molar-refractivity contribution in [1.29, 1.82) is 0 Å². The molecule has 1 aromatic heterocycles. The van der Waals surface area contributed by atoms with E-state index in [-0.39, 0.29) is 12.3 Å². The number of nitrogens with zero attached hydrogens (tertiary/aromatic N) is 2. The highest BCUT2D eigenvalue weighted by Gasteiger charge is 2.10. The average molecular weight is 279 g/mol. The predicted octanol–water partition coefficient (Wildman–Crippen LogP) is 1.84. The van der Waals surface area contributed by atoms with Crippen LogP contribution in [0, 0.1) is 10.1 Å². The van der Waals surface area contributed by atoms with E-state index < -0.39 is 4.92 Å². The van der Waals surface area contributed by atoms with Crippen LogP contribution in [0.2, 0.25) is 0 Å². The first-order chi connectivity index (χ1) is 6.65. The third kappa shape index (κ3) is 2.93. The molecular weight excluding hydrogens is 272 g/mol. The average Bonchev–Trinajstić information content (AvgIpc) is 2.15. The minimum Gasteiger partial charge on any atom is -0.396 e. The Labute approximate surface area is 92.8 Å². The van der Waals surface area contributed by atoms with E-state index in [4.69, 9.17) is 5.11 Å². The number of nitro groups is 1. The number of hydrogen-bond acceptors (Lipinski definition) is 5. The summed E-state index contributed by atoms with van der Waals surface area (Å²) in [5.74, 6) is 0.517. The zero-order chi connectivity index (χ0) is 10.6. The normalized spacial score (nSPS) is 10.1. The number of rotatable bonds is 4. The summed E-state index contributed by atoms with van der Waals surface area (Å²) in [4.78, 5) is 13.8. The maximum Gasteiger partial charge on any atom is 0.288 e. The number of pyridine rings is 1. The first kappa shape index (κ1) is 11.4. The lowest BCUT2D eigenvalue weighted by atomic mass is 10.4. The first-order valence-corrected chi connectivity index (χ1v) is 5.46. The smallest absolute Gasteiger partial charge is 0.288 e. The summed E-state index contributed by atoms with van der Waals surface area (Å²) < 4.78 is 0.574. The summed E-state index contributed by atoms with van der Waals surface area (Å²) in [6, 6.07) is 1.40. The summed E-state index contributed by atoms with van der Waals surface area (Å²) in [6.07, 6.45) is 1.20. The van der Waals surface area contributed by atoms with Gasteiger partial charge >= 0.3 is 0 Å². The van der Waals surface area contributed by atoms with Gasteiger partial charge in [-0.15, -0.1) is 11.8 Å². The largest absolute Gasteiger partial charge is 0.396 e. The van der Waals surface area contributed by atoms with Crippen molar-refractivity contribution in [1.82, 2.24) is 4.98 Å². The third-order valence-corrected chi connectivity index (χ3v) is 3.19. The molecule has 1 N–H and O–H groups in total. The lowest BCUT2D eigenvalue weighted by molar-refractivity contribution is -0.385. The zero-order valence-corrected chi connectivity index (χ0v) is 9.42. The van der Waals surface area contributed by atoms with Gasteiger partial charge in [0.2, 0.25) is 0 Å². The van der Waals surface area contributed by atoms with Crippen LogP contribution in [0.3, 0.4) is 0 Å². The molecule has 0 saturated heterocycles. The summed E-state index contributed by atoms with van der Waals surface area (Å²) in [5, 5.41) is 19.6. The number of aliphatic hydroxyl groups excluding tert-OH is 1. The molecule has 1 aromatic rings. The molecule has 0 aliphatic heterocycles. The molecule has 0 aliphatic rings. The van der Waals surface area contributed by atoms with Crippen LogP contribution in [-0.4, -0.2) is 27.4 Å². The van der Waals surface area contributed by atoms with E-state index in [2.05, 4.69) is 20.9 Å². The Kier molecular flexibility index (Phi) is 4.30. The number of aromatic nitrogens is 1. The van der Waals surface area contributed by atoms with Gasteiger partial charge < -0.3 is 5.11 Å². The highest BCUT2D eigenvalue weighted by Crippen LogP contribution is 2.27. The van der Waals surface area contributed by atoms with Gasteiger partial charge in [-0.3, -0.25) is 10.1 Å².